The van der Waals surface area contributed by atoms with E-state index in [1.807, 2.05) is 0 Å². The number of benzene rings is 2. The zero-order chi connectivity index (χ0) is 19.9. The summed E-state index contributed by atoms with van der Waals surface area (Å²) in [5, 5.41) is 2.60. The summed E-state index contributed by atoms with van der Waals surface area (Å²) >= 11 is 0. The van der Waals surface area contributed by atoms with Crippen LogP contribution >= 0.6 is 0 Å². The average Bonchev–Trinajstić information content (AvgIpc) is 2.67. The van der Waals surface area contributed by atoms with Crippen LogP contribution in [-0.4, -0.2) is 33.9 Å². The van der Waals surface area contributed by atoms with Crippen molar-refractivity contribution in [3.8, 4) is 0 Å². The second kappa shape index (κ2) is 9.18. The highest BCUT2D eigenvalue weighted by atomic mass is 32.2. The minimum absolute atomic E-state index is 0.0333. The van der Waals surface area contributed by atoms with E-state index < -0.39 is 21.9 Å². The molecular weight excluding hydrogens is 368 g/mol. The highest BCUT2D eigenvalue weighted by molar-refractivity contribution is 7.92. The van der Waals surface area contributed by atoms with E-state index in [0.717, 1.165) is 0 Å². The number of rotatable bonds is 8. The van der Waals surface area contributed by atoms with E-state index in [4.69, 9.17) is 4.74 Å². The van der Waals surface area contributed by atoms with Crippen molar-refractivity contribution in [2.24, 2.45) is 0 Å². The van der Waals surface area contributed by atoms with Gasteiger partial charge in [0.2, 0.25) is 5.91 Å². The zero-order valence-corrected chi connectivity index (χ0v) is 16.0. The molecule has 0 radical (unpaired) electrons. The molecule has 0 saturated heterocycles. The number of nitrogens with zero attached hydrogens (tertiary/aromatic N) is 1. The van der Waals surface area contributed by atoms with E-state index in [0.29, 0.717) is 11.4 Å². The van der Waals surface area contributed by atoms with E-state index in [2.05, 4.69) is 5.32 Å². The molecule has 0 unspecified atom stereocenters. The van der Waals surface area contributed by atoms with Gasteiger partial charge in [0.25, 0.3) is 10.0 Å². The molecule has 27 heavy (non-hydrogen) atoms. The van der Waals surface area contributed by atoms with Crippen LogP contribution in [0.5, 0.6) is 0 Å². The molecule has 0 bridgehead atoms. The molecule has 2 rings (SSSR count). The second-order valence-electron chi connectivity index (χ2n) is 5.69. The molecule has 144 valence electrons. The van der Waals surface area contributed by atoms with E-state index >= 15 is 0 Å². The number of anilines is 2. The summed E-state index contributed by atoms with van der Waals surface area (Å²) in [6.07, 6.45) is -0.0753. The zero-order valence-electron chi connectivity index (χ0n) is 15.2. The smallest absolute Gasteiger partial charge is 0.306 e. The molecule has 0 saturated carbocycles. The second-order valence-corrected chi connectivity index (χ2v) is 7.66. The Balaban J connectivity index is 2.10. The molecule has 0 atom stereocenters. The third-order valence-corrected chi connectivity index (χ3v) is 5.54. The third-order valence-electron chi connectivity index (χ3n) is 3.76. The topological polar surface area (TPSA) is 92.8 Å². The van der Waals surface area contributed by atoms with Crippen LogP contribution in [0.1, 0.15) is 19.8 Å². The molecule has 8 heteroatoms. The molecule has 0 aliphatic heterocycles. The van der Waals surface area contributed by atoms with Crippen molar-refractivity contribution in [2.45, 2.75) is 24.7 Å². The van der Waals surface area contributed by atoms with Gasteiger partial charge in [0.1, 0.15) is 0 Å². The average molecular weight is 390 g/mol. The number of para-hydroxylation sites is 1. The predicted octanol–water partition coefficient (Wildman–Crippen LogP) is 2.79. The van der Waals surface area contributed by atoms with Gasteiger partial charge >= 0.3 is 5.97 Å². The van der Waals surface area contributed by atoms with Crippen molar-refractivity contribution in [2.75, 3.05) is 23.3 Å². The standard InChI is InChI=1S/C19H22N2O5S/c1-3-26-19(23)13-12-18(22)20-15-8-7-11-17(14-15)27(24,25)21(2)16-9-5-4-6-10-16/h4-11,14H,3,12-13H2,1-2H3,(H,20,22). The van der Waals surface area contributed by atoms with Crippen molar-refractivity contribution in [3.63, 3.8) is 0 Å². The normalized spacial score (nSPS) is 10.9. The molecule has 7 nitrogen and oxygen atoms in total. The number of amides is 1. The molecule has 0 fully saturated rings. The number of ether oxygens (including phenoxy) is 1. The Labute approximate surface area is 159 Å². The number of hydrogen-bond donors (Lipinski definition) is 1. The predicted molar refractivity (Wildman–Crippen MR) is 103 cm³/mol. The minimum atomic E-state index is -3.78. The Morgan fingerprint density at radius 1 is 1.04 bits per heavy atom. The summed E-state index contributed by atoms with van der Waals surface area (Å²) in [5.74, 6) is -0.845. The van der Waals surface area contributed by atoms with Gasteiger partial charge in [-0.3, -0.25) is 13.9 Å². The molecule has 0 aromatic heterocycles. The van der Waals surface area contributed by atoms with E-state index in [1.54, 1.807) is 49.4 Å². The summed E-state index contributed by atoms with van der Waals surface area (Å²) in [6.45, 7) is 1.95. The van der Waals surface area contributed by atoms with Crippen molar-refractivity contribution in [1.29, 1.82) is 0 Å². The fourth-order valence-electron chi connectivity index (χ4n) is 2.34. The lowest BCUT2D eigenvalue weighted by atomic mass is 10.2. The van der Waals surface area contributed by atoms with Crippen LogP contribution in [-0.2, 0) is 24.3 Å². The SMILES string of the molecule is CCOC(=O)CCC(=O)Nc1cccc(S(=O)(=O)N(C)c2ccccc2)c1. The maximum atomic E-state index is 12.8. The first-order valence-electron chi connectivity index (χ1n) is 8.44. The molecule has 0 aliphatic rings. The molecular formula is C19H22N2O5S. The van der Waals surface area contributed by atoms with Gasteiger partial charge in [-0.15, -0.1) is 0 Å². The highest BCUT2D eigenvalue weighted by Gasteiger charge is 2.21. The minimum Gasteiger partial charge on any atom is -0.466 e. The number of carbonyl (C=O) groups excluding carboxylic acids is 2. The van der Waals surface area contributed by atoms with Crippen LogP contribution < -0.4 is 9.62 Å². The lowest BCUT2D eigenvalue weighted by molar-refractivity contribution is -0.144. The number of carbonyl (C=O) groups is 2. The van der Waals surface area contributed by atoms with Gasteiger partial charge in [0.05, 0.1) is 23.6 Å². The number of hydrogen-bond acceptors (Lipinski definition) is 5. The Morgan fingerprint density at radius 3 is 2.41 bits per heavy atom. The van der Waals surface area contributed by atoms with Gasteiger partial charge in [-0.1, -0.05) is 24.3 Å². The lowest BCUT2D eigenvalue weighted by Gasteiger charge is -2.19. The van der Waals surface area contributed by atoms with Crippen LogP contribution in [0.15, 0.2) is 59.5 Å². The van der Waals surface area contributed by atoms with Gasteiger partial charge in [-0.2, -0.15) is 0 Å². The van der Waals surface area contributed by atoms with Gasteiger partial charge in [-0.25, -0.2) is 8.42 Å². The molecule has 2 aromatic rings. The van der Waals surface area contributed by atoms with Crippen LogP contribution in [0.2, 0.25) is 0 Å². The Morgan fingerprint density at radius 2 is 1.74 bits per heavy atom. The quantitative estimate of drug-likeness (QED) is 0.700. The largest absolute Gasteiger partial charge is 0.466 e. The monoisotopic (exact) mass is 390 g/mol. The van der Waals surface area contributed by atoms with Gasteiger partial charge < -0.3 is 10.1 Å². The molecule has 0 spiro atoms. The van der Waals surface area contributed by atoms with Crippen LogP contribution in [0.25, 0.3) is 0 Å². The molecule has 1 amide bonds. The molecule has 2 aromatic carbocycles. The van der Waals surface area contributed by atoms with Gasteiger partial charge in [0, 0.05) is 19.2 Å². The van der Waals surface area contributed by atoms with E-state index in [9.17, 15) is 18.0 Å². The van der Waals surface area contributed by atoms with E-state index in [-0.39, 0.29) is 24.3 Å². The first-order chi connectivity index (χ1) is 12.8. The number of nitrogens with one attached hydrogen (secondary N) is 1. The third kappa shape index (κ3) is 5.55. The molecule has 1 N–H and O–H groups in total. The van der Waals surface area contributed by atoms with Gasteiger partial charge in [-0.05, 0) is 37.3 Å². The first kappa shape index (κ1) is 20.4. The Kier molecular flexibility index (Phi) is 6.95. The lowest BCUT2D eigenvalue weighted by Crippen LogP contribution is -2.26. The summed E-state index contributed by atoms with van der Waals surface area (Å²) in [6, 6.07) is 14.7. The first-order valence-corrected chi connectivity index (χ1v) is 9.88. The molecule has 0 aliphatic carbocycles. The van der Waals surface area contributed by atoms with Crippen molar-refractivity contribution in [3.05, 3.63) is 54.6 Å². The highest BCUT2D eigenvalue weighted by Crippen LogP contribution is 2.23. The van der Waals surface area contributed by atoms with Crippen molar-refractivity contribution in [1.82, 2.24) is 0 Å². The summed E-state index contributed by atoms with van der Waals surface area (Å²) in [5.41, 5.74) is 0.868. The van der Waals surface area contributed by atoms with Crippen LogP contribution in [0, 0.1) is 0 Å². The van der Waals surface area contributed by atoms with Gasteiger partial charge in [0.15, 0.2) is 0 Å². The fraction of sp³-hybridized carbons (Fsp3) is 0.263. The number of esters is 1. The van der Waals surface area contributed by atoms with Crippen LogP contribution in [0.4, 0.5) is 11.4 Å². The maximum Gasteiger partial charge on any atom is 0.306 e. The fourth-order valence-corrected chi connectivity index (χ4v) is 3.58. The summed E-state index contributed by atoms with van der Waals surface area (Å²) in [7, 11) is -2.31. The Hall–Kier alpha value is -2.87. The number of sulfonamides is 1. The summed E-state index contributed by atoms with van der Waals surface area (Å²) < 4.78 is 31.6. The van der Waals surface area contributed by atoms with Crippen molar-refractivity contribution >= 4 is 33.3 Å². The van der Waals surface area contributed by atoms with Crippen LogP contribution in [0.3, 0.4) is 0 Å². The summed E-state index contributed by atoms with van der Waals surface area (Å²) in [4.78, 5) is 23.3. The maximum absolute atomic E-state index is 12.8. The Bertz CT molecular complexity index is 897. The van der Waals surface area contributed by atoms with Crippen molar-refractivity contribution < 1.29 is 22.7 Å². The molecule has 0 heterocycles. The van der Waals surface area contributed by atoms with E-state index in [1.165, 1.54) is 23.5 Å².